The minimum atomic E-state index is -0.737. The average Bonchev–Trinajstić information content (AvgIpc) is 2.59. The number of nitrogens with zero attached hydrogens (tertiary/aromatic N) is 1. The van der Waals surface area contributed by atoms with E-state index in [0.29, 0.717) is 24.0 Å². The summed E-state index contributed by atoms with van der Waals surface area (Å²) >= 11 is 6.11. The van der Waals surface area contributed by atoms with Gasteiger partial charge in [-0.15, -0.1) is 0 Å². The fourth-order valence-corrected chi connectivity index (χ4v) is 2.64. The third-order valence-electron chi connectivity index (χ3n) is 3.64. The first-order chi connectivity index (χ1) is 8.44. The molecule has 1 aliphatic rings. The highest BCUT2D eigenvalue weighted by atomic mass is 35.5. The van der Waals surface area contributed by atoms with Crippen molar-refractivity contribution in [1.29, 1.82) is 0 Å². The highest BCUT2D eigenvalue weighted by molar-refractivity contribution is 6.33. The lowest BCUT2D eigenvalue weighted by molar-refractivity contribution is -0.121. The van der Waals surface area contributed by atoms with Gasteiger partial charge in [-0.3, -0.25) is 4.79 Å². The quantitative estimate of drug-likeness (QED) is 0.876. The van der Waals surface area contributed by atoms with Crippen molar-refractivity contribution in [1.82, 2.24) is 4.90 Å². The normalized spacial score (nSPS) is 28.3. The van der Waals surface area contributed by atoms with E-state index in [2.05, 4.69) is 17.1 Å². The topological polar surface area (TPSA) is 58.4 Å². The molecule has 2 unspecified atom stereocenters. The second-order valence-corrected chi connectivity index (χ2v) is 5.43. The first kappa shape index (κ1) is 13.2. The Balaban J connectivity index is 2.29. The number of hydrogen-bond acceptors (Lipinski definition) is 3. The Morgan fingerprint density at radius 1 is 1.56 bits per heavy atom. The minimum absolute atomic E-state index is 0.312. The molecule has 1 aromatic rings. The smallest absolute Gasteiger partial charge is 0.244 e. The van der Waals surface area contributed by atoms with Gasteiger partial charge >= 0.3 is 0 Å². The molecule has 0 saturated carbocycles. The molecule has 1 amide bonds. The van der Waals surface area contributed by atoms with Crippen molar-refractivity contribution in [2.24, 2.45) is 5.73 Å². The number of benzene rings is 1. The van der Waals surface area contributed by atoms with Crippen LogP contribution >= 0.6 is 11.6 Å². The summed E-state index contributed by atoms with van der Waals surface area (Å²) in [5, 5.41) is 3.83. The number of hydrogen-bond donors (Lipinski definition) is 2. The van der Waals surface area contributed by atoms with Crippen molar-refractivity contribution >= 4 is 23.2 Å². The highest BCUT2D eigenvalue weighted by Gasteiger charge is 2.45. The largest absolute Gasteiger partial charge is 0.369 e. The van der Waals surface area contributed by atoms with Crippen LogP contribution < -0.4 is 11.1 Å². The molecule has 0 bridgehead atoms. The number of anilines is 1. The van der Waals surface area contributed by atoms with Crippen LogP contribution in [0.3, 0.4) is 0 Å². The third-order valence-corrected chi connectivity index (χ3v) is 3.96. The standard InChI is InChI=1S/C13H18ClN3O/c1-9-7-13(12(15)18,8-17(9)2)16-11-6-4-3-5-10(11)14/h3-6,9,16H,7-8H2,1-2H3,(H2,15,18). The lowest BCUT2D eigenvalue weighted by Gasteiger charge is -2.28. The number of amides is 1. The van der Waals surface area contributed by atoms with Gasteiger partial charge in [0.15, 0.2) is 0 Å². The van der Waals surface area contributed by atoms with Crippen LogP contribution in [0.1, 0.15) is 13.3 Å². The van der Waals surface area contributed by atoms with Crippen LogP contribution in [0.2, 0.25) is 5.02 Å². The summed E-state index contributed by atoms with van der Waals surface area (Å²) in [6, 6.07) is 7.70. The Morgan fingerprint density at radius 3 is 2.72 bits per heavy atom. The van der Waals surface area contributed by atoms with Gasteiger partial charge in [0.25, 0.3) is 0 Å². The predicted octanol–water partition coefficient (Wildman–Crippen LogP) is 1.70. The van der Waals surface area contributed by atoms with Crippen LogP contribution in [0, 0.1) is 0 Å². The van der Waals surface area contributed by atoms with Crippen molar-refractivity contribution < 1.29 is 4.79 Å². The van der Waals surface area contributed by atoms with Crippen molar-refractivity contribution in [3.05, 3.63) is 29.3 Å². The summed E-state index contributed by atoms with van der Waals surface area (Å²) in [6.07, 6.45) is 0.685. The maximum Gasteiger partial charge on any atom is 0.244 e. The number of rotatable bonds is 3. The highest BCUT2D eigenvalue weighted by Crippen LogP contribution is 2.32. The Hall–Kier alpha value is -1.26. The maximum absolute atomic E-state index is 11.8. The number of carbonyl (C=O) groups excluding carboxylic acids is 1. The molecule has 1 saturated heterocycles. The van der Waals surface area contributed by atoms with Crippen LogP contribution in [0.25, 0.3) is 0 Å². The number of likely N-dealkylation sites (tertiary alicyclic amines) is 1. The summed E-state index contributed by atoms with van der Waals surface area (Å²) < 4.78 is 0. The summed E-state index contributed by atoms with van der Waals surface area (Å²) in [6.45, 7) is 2.67. The monoisotopic (exact) mass is 267 g/mol. The molecule has 2 rings (SSSR count). The van der Waals surface area contributed by atoms with E-state index in [-0.39, 0.29) is 5.91 Å². The van der Waals surface area contributed by atoms with Gasteiger partial charge in [-0.2, -0.15) is 0 Å². The molecular formula is C13H18ClN3O. The number of para-hydroxylation sites is 1. The molecule has 3 N–H and O–H groups in total. The van der Waals surface area contributed by atoms with E-state index in [4.69, 9.17) is 17.3 Å². The lowest BCUT2D eigenvalue weighted by Crippen LogP contribution is -2.52. The number of nitrogens with two attached hydrogens (primary N) is 1. The molecule has 1 heterocycles. The molecule has 1 aromatic carbocycles. The maximum atomic E-state index is 11.8. The van der Waals surface area contributed by atoms with E-state index in [9.17, 15) is 4.79 Å². The van der Waals surface area contributed by atoms with E-state index in [1.165, 1.54) is 0 Å². The minimum Gasteiger partial charge on any atom is -0.369 e. The van der Waals surface area contributed by atoms with E-state index in [1.54, 1.807) is 6.07 Å². The number of halogens is 1. The van der Waals surface area contributed by atoms with Gasteiger partial charge in [-0.05, 0) is 32.5 Å². The number of nitrogens with one attached hydrogen (secondary N) is 1. The van der Waals surface area contributed by atoms with Gasteiger partial charge < -0.3 is 16.0 Å². The second-order valence-electron chi connectivity index (χ2n) is 5.02. The van der Waals surface area contributed by atoms with Crippen LogP contribution in [0.5, 0.6) is 0 Å². The average molecular weight is 268 g/mol. The van der Waals surface area contributed by atoms with Gasteiger partial charge in [-0.25, -0.2) is 0 Å². The number of carbonyl (C=O) groups is 1. The van der Waals surface area contributed by atoms with Crippen molar-refractivity contribution in [2.45, 2.75) is 24.9 Å². The van der Waals surface area contributed by atoms with E-state index in [0.717, 1.165) is 5.69 Å². The SMILES string of the molecule is CC1CC(Nc2ccccc2Cl)(C(N)=O)CN1C. The summed E-state index contributed by atoms with van der Waals surface area (Å²) in [5.41, 5.74) is 5.60. The van der Waals surface area contributed by atoms with E-state index >= 15 is 0 Å². The Morgan fingerprint density at radius 2 is 2.22 bits per heavy atom. The molecule has 0 spiro atoms. The Labute approximate surface area is 112 Å². The molecule has 18 heavy (non-hydrogen) atoms. The Kier molecular flexibility index (Phi) is 3.50. The van der Waals surface area contributed by atoms with E-state index in [1.807, 2.05) is 25.2 Å². The zero-order valence-corrected chi connectivity index (χ0v) is 11.4. The van der Waals surface area contributed by atoms with Crippen LogP contribution in [0.15, 0.2) is 24.3 Å². The fraction of sp³-hybridized carbons (Fsp3) is 0.462. The summed E-state index contributed by atoms with van der Waals surface area (Å²) in [7, 11) is 1.99. The molecule has 4 nitrogen and oxygen atoms in total. The molecule has 1 aliphatic heterocycles. The molecule has 0 aliphatic carbocycles. The van der Waals surface area contributed by atoms with Crippen molar-refractivity contribution in [3.8, 4) is 0 Å². The molecule has 0 aromatic heterocycles. The summed E-state index contributed by atoms with van der Waals surface area (Å²) in [5.74, 6) is -0.335. The van der Waals surface area contributed by atoms with E-state index < -0.39 is 5.54 Å². The zero-order valence-electron chi connectivity index (χ0n) is 10.6. The van der Waals surface area contributed by atoms with Crippen LogP contribution in [-0.2, 0) is 4.79 Å². The first-order valence-electron chi connectivity index (χ1n) is 5.97. The van der Waals surface area contributed by atoms with Crippen LogP contribution in [0.4, 0.5) is 5.69 Å². The first-order valence-corrected chi connectivity index (χ1v) is 6.35. The molecule has 98 valence electrons. The number of primary amides is 1. The van der Waals surface area contributed by atoms with Gasteiger partial charge in [-0.1, -0.05) is 23.7 Å². The second kappa shape index (κ2) is 4.78. The zero-order chi connectivity index (χ0) is 13.3. The lowest BCUT2D eigenvalue weighted by atomic mass is 9.95. The summed E-state index contributed by atoms with van der Waals surface area (Å²) in [4.78, 5) is 13.9. The van der Waals surface area contributed by atoms with Gasteiger partial charge in [0.05, 0.1) is 10.7 Å². The van der Waals surface area contributed by atoms with Gasteiger partial charge in [0.2, 0.25) is 5.91 Å². The third kappa shape index (κ3) is 2.31. The Bertz CT molecular complexity index is 453. The molecule has 0 radical (unpaired) electrons. The molecule has 2 atom stereocenters. The molecular weight excluding hydrogens is 250 g/mol. The fourth-order valence-electron chi connectivity index (χ4n) is 2.46. The molecule has 1 fully saturated rings. The van der Waals surface area contributed by atoms with Crippen molar-refractivity contribution in [2.75, 3.05) is 18.9 Å². The predicted molar refractivity (Wildman–Crippen MR) is 73.7 cm³/mol. The van der Waals surface area contributed by atoms with Crippen molar-refractivity contribution in [3.63, 3.8) is 0 Å². The van der Waals surface area contributed by atoms with Gasteiger partial charge in [0.1, 0.15) is 5.54 Å². The van der Waals surface area contributed by atoms with Gasteiger partial charge in [0, 0.05) is 12.6 Å². The number of likely N-dealkylation sites (N-methyl/N-ethyl adjacent to an activating group) is 1. The molecule has 5 heteroatoms. The van der Waals surface area contributed by atoms with Crippen LogP contribution in [-0.4, -0.2) is 36.0 Å².